The molecule has 0 radical (unpaired) electrons. The molecule has 0 unspecified atom stereocenters. The second-order valence-electron chi connectivity index (χ2n) is 5.69. The fourth-order valence-corrected chi connectivity index (χ4v) is 2.52. The van der Waals surface area contributed by atoms with E-state index in [1.807, 2.05) is 13.0 Å². The first-order chi connectivity index (χ1) is 11.8. The van der Waals surface area contributed by atoms with Crippen molar-refractivity contribution >= 4 is 44.9 Å². The molecule has 2 aromatic rings. The van der Waals surface area contributed by atoms with Gasteiger partial charge < -0.3 is 10.6 Å². The average molecular weight is 403 g/mol. The summed E-state index contributed by atoms with van der Waals surface area (Å²) in [4.78, 5) is 35.3. The molecule has 0 aromatic heterocycles. The van der Waals surface area contributed by atoms with Gasteiger partial charge in [0.2, 0.25) is 11.8 Å². The number of carbonyl (C=O) groups is 3. The molecular formula is C19H19BrN2O3. The van der Waals surface area contributed by atoms with E-state index in [4.69, 9.17) is 0 Å². The Morgan fingerprint density at radius 1 is 0.960 bits per heavy atom. The number of nitrogens with one attached hydrogen (secondary N) is 2. The Hall–Kier alpha value is -2.47. The lowest BCUT2D eigenvalue weighted by Crippen LogP contribution is -2.14. The summed E-state index contributed by atoms with van der Waals surface area (Å²) in [5.74, 6) is -0.500. The zero-order chi connectivity index (χ0) is 18.4. The van der Waals surface area contributed by atoms with Crippen LogP contribution in [0, 0.1) is 6.92 Å². The van der Waals surface area contributed by atoms with Gasteiger partial charge in [-0.05, 0) is 36.8 Å². The van der Waals surface area contributed by atoms with Crippen molar-refractivity contribution in [2.45, 2.75) is 26.7 Å². The summed E-state index contributed by atoms with van der Waals surface area (Å²) in [5.41, 5.74) is 2.71. The standard InChI is InChI=1S/C19H19BrN2O3/c1-12-3-8-16(11-17(12)21-13(2)23)22-19(25)10-9-18(24)14-4-6-15(20)7-5-14/h3-8,11H,9-10H2,1-2H3,(H,21,23)(H,22,25). The van der Waals surface area contributed by atoms with Crippen molar-refractivity contribution in [2.24, 2.45) is 0 Å². The number of carbonyl (C=O) groups excluding carboxylic acids is 3. The Labute approximate surface area is 154 Å². The summed E-state index contributed by atoms with van der Waals surface area (Å²) in [7, 11) is 0. The predicted molar refractivity (Wildman–Crippen MR) is 102 cm³/mol. The van der Waals surface area contributed by atoms with Crippen LogP contribution in [-0.2, 0) is 9.59 Å². The Morgan fingerprint density at radius 2 is 1.64 bits per heavy atom. The van der Waals surface area contributed by atoms with Gasteiger partial charge in [0.05, 0.1) is 0 Å². The number of benzene rings is 2. The van der Waals surface area contributed by atoms with Gasteiger partial charge in [-0.3, -0.25) is 14.4 Å². The Bertz CT molecular complexity index is 801. The van der Waals surface area contributed by atoms with Crippen LogP contribution in [0.2, 0.25) is 0 Å². The van der Waals surface area contributed by atoms with Crippen molar-refractivity contribution in [3.8, 4) is 0 Å². The summed E-state index contributed by atoms with van der Waals surface area (Å²) >= 11 is 3.32. The molecule has 0 heterocycles. The van der Waals surface area contributed by atoms with Crippen molar-refractivity contribution in [1.29, 1.82) is 0 Å². The van der Waals surface area contributed by atoms with Crippen LogP contribution in [0.3, 0.4) is 0 Å². The highest BCUT2D eigenvalue weighted by molar-refractivity contribution is 9.10. The number of anilines is 2. The molecule has 0 aliphatic rings. The highest BCUT2D eigenvalue weighted by Gasteiger charge is 2.10. The third kappa shape index (κ3) is 5.83. The van der Waals surface area contributed by atoms with Crippen LogP contribution in [0.5, 0.6) is 0 Å². The van der Waals surface area contributed by atoms with E-state index in [-0.39, 0.29) is 30.4 Å². The molecule has 6 heteroatoms. The summed E-state index contributed by atoms with van der Waals surface area (Å²) < 4.78 is 0.899. The minimum Gasteiger partial charge on any atom is -0.326 e. The third-order valence-electron chi connectivity index (χ3n) is 3.58. The van der Waals surface area contributed by atoms with E-state index in [1.54, 1.807) is 36.4 Å². The predicted octanol–water partition coefficient (Wildman–Crippen LogP) is 4.32. The van der Waals surface area contributed by atoms with Gasteiger partial charge in [-0.25, -0.2) is 0 Å². The number of Topliss-reactive ketones (excluding diaryl/α,β-unsaturated/α-hetero) is 1. The number of hydrogen-bond acceptors (Lipinski definition) is 3. The fraction of sp³-hybridized carbons (Fsp3) is 0.211. The van der Waals surface area contributed by atoms with Gasteiger partial charge in [0.25, 0.3) is 0 Å². The van der Waals surface area contributed by atoms with Gasteiger partial charge in [0.15, 0.2) is 5.78 Å². The monoisotopic (exact) mass is 402 g/mol. The molecule has 25 heavy (non-hydrogen) atoms. The Kier molecular flexibility index (Phi) is 6.47. The van der Waals surface area contributed by atoms with Crippen molar-refractivity contribution in [3.05, 3.63) is 58.1 Å². The summed E-state index contributed by atoms with van der Waals surface area (Å²) in [5, 5.41) is 5.46. The number of rotatable bonds is 6. The molecule has 0 saturated heterocycles. The van der Waals surface area contributed by atoms with E-state index in [1.165, 1.54) is 6.92 Å². The molecule has 0 saturated carbocycles. The van der Waals surface area contributed by atoms with Gasteiger partial charge in [0.1, 0.15) is 0 Å². The first-order valence-corrected chi connectivity index (χ1v) is 8.61. The number of hydrogen-bond donors (Lipinski definition) is 2. The maximum atomic E-state index is 12.1. The van der Waals surface area contributed by atoms with Gasteiger partial charge in [0, 0.05) is 41.2 Å². The van der Waals surface area contributed by atoms with Crippen LogP contribution in [0.1, 0.15) is 35.7 Å². The first kappa shape index (κ1) is 18.9. The minimum atomic E-state index is -0.247. The zero-order valence-corrected chi connectivity index (χ0v) is 15.6. The van der Waals surface area contributed by atoms with Crippen molar-refractivity contribution in [1.82, 2.24) is 0 Å². The lowest BCUT2D eigenvalue weighted by molar-refractivity contribution is -0.116. The zero-order valence-electron chi connectivity index (χ0n) is 14.1. The van der Waals surface area contributed by atoms with Gasteiger partial charge in [-0.1, -0.05) is 34.1 Å². The van der Waals surface area contributed by atoms with E-state index >= 15 is 0 Å². The van der Waals surface area contributed by atoms with Crippen LogP contribution in [0.15, 0.2) is 46.9 Å². The van der Waals surface area contributed by atoms with Crippen LogP contribution in [0.4, 0.5) is 11.4 Å². The van der Waals surface area contributed by atoms with E-state index in [9.17, 15) is 14.4 Å². The molecule has 0 spiro atoms. The maximum Gasteiger partial charge on any atom is 0.224 e. The molecule has 0 fully saturated rings. The van der Waals surface area contributed by atoms with Crippen LogP contribution < -0.4 is 10.6 Å². The van der Waals surface area contributed by atoms with Crippen LogP contribution in [0.25, 0.3) is 0 Å². The highest BCUT2D eigenvalue weighted by Crippen LogP contribution is 2.20. The number of amides is 2. The molecule has 0 bridgehead atoms. The van der Waals surface area contributed by atoms with Crippen molar-refractivity contribution in [2.75, 3.05) is 10.6 Å². The normalized spacial score (nSPS) is 10.2. The molecule has 2 amide bonds. The van der Waals surface area contributed by atoms with E-state index in [0.29, 0.717) is 16.9 Å². The number of halogens is 1. The van der Waals surface area contributed by atoms with Crippen LogP contribution in [-0.4, -0.2) is 17.6 Å². The largest absolute Gasteiger partial charge is 0.326 e. The highest BCUT2D eigenvalue weighted by atomic mass is 79.9. The van der Waals surface area contributed by atoms with Crippen molar-refractivity contribution < 1.29 is 14.4 Å². The maximum absolute atomic E-state index is 12.1. The second kappa shape index (κ2) is 8.58. The fourth-order valence-electron chi connectivity index (χ4n) is 2.25. The summed E-state index contributed by atoms with van der Waals surface area (Å²) in [6, 6.07) is 12.3. The van der Waals surface area contributed by atoms with Crippen molar-refractivity contribution in [3.63, 3.8) is 0 Å². The molecule has 0 aliphatic heterocycles. The smallest absolute Gasteiger partial charge is 0.224 e. The Balaban J connectivity index is 1.92. The average Bonchev–Trinajstić information content (AvgIpc) is 2.56. The first-order valence-electron chi connectivity index (χ1n) is 7.82. The van der Waals surface area contributed by atoms with E-state index < -0.39 is 0 Å². The van der Waals surface area contributed by atoms with Gasteiger partial charge in [-0.15, -0.1) is 0 Å². The third-order valence-corrected chi connectivity index (χ3v) is 4.11. The molecule has 2 N–H and O–H groups in total. The molecule has 0 atom stereocenters. The Morgan fingerprint density at radius 3 is 2.28 bits per heavy atom. The van der Waals surface area contributed by atoms with Gasteiger partial charge >= 0.3 is 0 Å². The molecular weight excluding hydrogens is 384 g/mol. The second-order valence-corrected chi connectivity index (χ2v) is 6.60. The van der Waals surface area contributed by atoms with Crippen LogP contribution >= 0.6 is 15.9 Å². The minimum absolute atomic E-state index is 0.0782. The molecule has 0 aliphatic carbocycles. The number of ketones is 1. The van der Waals surface area contributed by atoms with E-state index in [0.717, 1.165) is 10.0 Å². The molecule has 130 valence electrons. The number of aryl methyl sites for hydroxylation is 1. The topological polar surface area (TPSA) is 75.3 Å². The quantitative estimate of drug-likeness (QED) is 0.706. The summed E-state index contributed by atoms with van der Waals surface area (Å²) in [6.07, 6.45) is 0.232. The summed E-state index contributed by atoms with van der Waals surface area (Å²) in [6.45, 7) is 3.30. The molecule has 2 rings (SSSR count). The molecule has 2 aromatic carbocycles. The lowest BCUT2D eigenvalue weighted by Gasteiger charge is -2.10. The SMILES string of the molecule is CC(=O)Nc1cc(NC(=O)CCC(=O)c2ccc(Br)cc2)ccc1C. The molecule has 5 nitrogen and oxygen atoms in total. The lowest BCUT2D eigenvalue weighted by atomic mass is 10.1. The van der Waals surface area contributed by atoms with E-state index in [2.05, 4.69) is 26.6 Å². The van der Waals surface area contributed by atoms with Gasteiger partial charge in [-0.2, -0.15) is 0 Å².